The standard InChI is InChI=1S/C16H17N3O/c1-3-19(4-2)11-8-9-12-14(10-11)17-13-6-5-7-15(20)16(13)18-12/h5-10,20H,3-4H2,1-2H3. The van der Waals surface area contributed by atoms with Crippen LogP contribution in [0.5, 0.6) is 5.75 Å². The van der Waals surface area contributed by atoms with Crippen molar-refractivity contribution in [3.05, 3.63) is 36.4 Å². The number of para-hydroxylation sites is 1. The SMILES string of the molecule is CCN(CC)c1ccc2nc3c(O)cccc3nc2c1. The minimum Gasteiger partial charge on any atom is -0.506 e. The number of nitrogens with zero attached hydrogens (tertiary/aromatic N) is 3. The van der Waals surface area contributed by atoms with Crippen molar-refractivity contribution >= 4 is 27.8 Å². The molecule has 0 aliphatic heterocycles. The molecule has 102 valence electrons. The van der Waals surface area contributed by atoms with Crippen molar-refractivity contribution < 1.29 is 5.11 Å². The van der Waals surface area contributed by atoms with E-state index in [1.54, 1.807) is 12.1 Å². The molecule has 1 aromatic heterocycles. The smallest absolute Gasteiger partial charge is 0.143 e. The van der Waals surface area contributed by atoms with E-state index in [1.165, 1.54) is 0 Å². The Balaban J connectivity index is 2.22. The summed E-state index contributed by atoms with van der Waals surface area (Å²) in [5, 5.41) is 9.84. The van der Waals surface area contributed by atoms with Crippen LogP contribution in [-0.4, -0.2) is 28.2 Å². The van der Waals surface area contributed by atoms with Crippen molar-refractivity contribution in [3.8, 4) is 5.75 Å². The Morgan fingerprint density at radius 3 is 2.50 bits per heavy atom. The molecular formula is C16H17N3O. The Kier molecular flexibility index (Phi) is 3.14. The average Bonchev–Trinajstić information content (AvgIpc) is 2.47. The molecule has 1 N–H and O–H groups in total. The lowest BCUT2D eigenvalue weighted by Crippen LogP contribution is -2.21. The van der Waals surface area contributed by atoms with E-state index in [9.17, 15) is 5.11 Å². The molecule has 0 fully saturated rings. The van der Waals surface area contributed by atoms with Gasteiger partial charge < -0.3 is 10.0 Å². The fraction of sp³-hybridized carbons (Fsp3) is 0.250. The molecule has 0 radical (unpaired) electrons. The van der Waals surface area contributed by atoms with Crippen LogP contribution in [0.1, 0.15) is 13.8 Å². The van der Waals surface area contributed by atoms with Crippen LogP contribution in [0, 0.1) is 0 Å². The molecule has 0 amide bonds. The summed E-state index contributed by atoms with van der Waals surface area (Å²) in [5.74, 6) is 0.171. The highest BCUT2D eigenvalue weighted by Crippen LogP contribution is 2.26. The molecule has 0 saturated heterocycles. The Hall–Kier alpha value is -2.36. The lowest BCUT2D eigenvalue weighted by Gasteiger charge is -2.21. The van der Waals surface area contributed by atoms with Crippen molar-refractivity contribution in [2.75, 3.05) is 18.0 Å². The van der Waals surface area contributed by atoms with Gasteiger partial charge in [0.15, 0.2) is 0 Å². The predicted octanol–water partition coefficient (Wildman–Crippen LogP) is 3.33. The summed E-state index contributed by atoms with van der Waals surface area (Å²) in [4.78, 5) is 11.4. The quantitative estimate of drug-likeness (QED) is 0.739. The third-order valence-electron chi connectivity index (χ3n) is 3.55. The first-order valence-electron chi connectivity index (χ1n) is 6.87. The van der Waals surface area contributed by atoms with E-state index in [0.29, 0.717) is 11.0 Å². The van der Waals surface area contributed by atoms with Gasteiger partial charge in [-0.25, -0.2) is 9.97 Å². The number of benzene rings is 2. The van der Waals surface area contributed by atoms with Gasteiger partial charge in [0, 0.05) is 18.8 Å². The van der Waals surface area contributed by atoms with Crippen molar-refractivity contribution in [1.82, 2.24) is 9.97 Å². The lowest BCUT2D eigenvalue weighted by molar-refractivity contribution is 0.480. The minimum absolute atomic E-state index is 0.171. The predicted molar refractivity (Wildman–Crippen MR) is 82.3 cm³/mol. The van der Waals surface area contributed by atoms with Crippen molar-refractivity contribution in [3.63, 3.8) is 0 Å². The zero-order chi connectivity index (χ0) is 14.1. The first-order valence-corrected chi connectivity index (χ1v) is 6.87. The molecule has 0 saturated carbocycles. The number of aromatic hydroxyl groups is 1. The van der Waals surface area contributed by atoms with Crippen LogP contribution in [-0.2, 0) is 0 Å². The lowest BCUT2D eigenvalue weighted by atomic mass is 10.2. The Labute approximate surface area is 117 Å². The van der Waals surface area contributed by atoms with E-state index in [2.05, 4.69) is 40.8 Å². The van der Waals surface area contributed by atoms with Crippen molar-refractivity contribution in [1.29, 1.82) is 0 Å². The van der Waals surface area contributed by atoms with E-state index in [0.717, 1.165) is 29.8 Å². The first kappa shape index (κ1) is 12.7. The second-order valence-corrected chi connectivity index (χ2v) is 4.71. The Morgan fingerprint density at radius 1 is 0.950 bits per heavy atom. The summed E-state index contributed by atoms with van der Waals surface area (Å²) < 4.78 is 0. The molecule has 3 aromatic rings. The number of hydrogen-bond donors (Lipinski definition) is 1. The summed E-state index contributed by atoms with van der Waals surface area (Å²) in [6, 6.07) is 11.3. The van der Waals surface area contributed by atoms with Crippen LogP contribution in [0.4, 0.5) is 5.69 Å². The van der Waals surface area contributed by atoms with Gasteiger partial charge in [0.25, 0.3) is 0 Å². The minimum atomic E-state index is 0.171. The number of anilines is 1. The summed E-state index contributed by atoms with van der Waals surface area (Å²) in [7, 11) is 0. The molecular weight excluding hydrogens is 250 g/mol. The molecule has 0 bridgehead atoms. The second kappa shape index (κ2) is 4.96. The highest BCUT2D eigenvalue weighted by atomic mass is 16.3. The Bertz CT molecular complexity index is 766. The molecule has 2 aromatic carbocycles. The van der Waals surface area contributed by atoms with Gasteiger partial charge in [-0.05, 0) is 44.2 Å². The van der Waals surface area contributed by atoms with Crippen molar-refractivity contribution in [2.45, 2.75) is 13.8 Å². The Morgan fingerprint density at radius 2 is 1.75 bits per heavy atom. The summed E-state index contributed by atoms with van der Waals surface area (Å²) in [6.07, 6.45) is 0. The van der Waals surface area contributed by atoms with Crippen LogP contribution in [0.25, 0.3) is 22.1 Å². The normalized spacial score (nSPS) is 11.1. The maximum atomic E-state index is 9.84. The van der Waals surface area contributed by atoms with E-state index >= 15 is 0 Å². The zero-order valence-corrected chi connectivity index (χ0v) is 11.7. The number of rotatable bonds is 3. The summed E-state index contributed by atoms with van der Waals surface area (Å²) in [5.41, 5.74) is 4.07. The summed E-state index contributed by atoms with van der Waals surface area (Å²) >= 11 is 0. The third-order valence-corrected chi connectivity index (χ3v) is 3.55. The number of hydrogen-bond acceptors (Lipinski definition) is 4. The number of aromatic nitrogens is 2. The monoisotopic (exact) mass is 267 g/mol. The highest BCUT2D eigenvalue weighted by molar-refractivity contribution is 5.90. The molecule has 0 aliphatic rings. The molecule has 0 atom stereocenters. The largest absolute Gasteiger partial charge is 0.506 e. The highest BCUT2D eigenvalue weighted by Gasteiger charge is 2.08. The van der Waals surface area contributed by atoms with Gasteiger partial charge in [-0.2, -0.15) is 0 Å². The number of phenolic OH excluding ortho intramolecular Hbond substituents is 1. The first-order chi connectivity index (χ1) is 9.72. The molecule has 3 rings (SSSR count). The van der Waals surface area contributed by atoms with Crippen LogP contribution < -0.4 is 4.90 Å². The molecule has 0 unspecified atom stereocenters. The maximum absolute atomic E-state index is 9.84. The molecule has 0 aliphatic carbocycles. The molecule has 20 heavy (non-hydrogen) atoms. The van der Waals surface area contributed by atoms with Gasteiger partial charge in [0.2, 0.25) is 0 Å². The van der Waals surface area contributed by atoms with Crippen LogP contribution >= 0.6 is 0 Å². The third kappa shape index (κ3) is 2.03. The molecule has 4 heteroatoms. The molecule has 0 spiro atoms. The topological polar surface area (TPSA) is 49.2 Å². The van der Waals surface area contributed by atoms with E-state index in [4.69, 9.17) is 0 Å². The van der Waals surface area contributed by atoms with Gasteiger partial charge in [-0.3, -0.25) is 0 Å². The molecule has 1 heterocycles. The van der Waals surface area contributed by atoms with Crippen LogP contribution in [0.15, 0.2) is 36.4 Å². The maximum Gasteiger partial charge on any atom is 0.143 e. The number of phenols is 1. The van der Waals surface area contributed by atoms with Gasteiger partial charge in [-0.15, -0.1) is 0 Å². The van der Waals surface area contributed by atoms with E-state index in [-0.39, 0.29) is 5.75 Å². The second-order valence-electron chi connectivity index (χ2n) is 4.71. The average molecular weight is 267 g/mol. The molecule has 4 nitrogen and oxygen atoms in total. The van der Waals surface area contributed by atoms with E-state index in [1.807, 2.05) is 12.1 Å². The summed E-state index contributed by atoms with van der Waals surface area (Å²) in [6.45, 7) is 6.20. The van der Waals surface area contributed by atoms with Gasteiger partial charge >= 0.3 is 0 Å². The fourth-order valence-corrected chi connectivity index (χ4v) is 2.46. The fourth-order valence-electron chi connectivity index (χ4n) is 2.46. The zero-order valence-electron chi connectivity index (χ0n) is 11.7. The van der Waals surface area contributed by atoms with E-state index < -0.39 is 0 Å². The van der Waals surface area contributed by atoms with Gasteiger partial charge in [-0.1, -0.05) is 6.07 Å². The number of fused-ring (bicyclic) bond motifs is 2. The van der Waals surface area contributed by atoms with Crippen LogP contribution in [0.3, 0.4) is 0 Å². The van der Waals surface area contributed by atoms with Crippen molar-refractivity contribution in [2.24, 2.45) is 0 Å². The van der Waals surface area contributed by atoms with Crippen LogP contribution in [0.2, 0.25) is 0 Å². The van der Waals surface area contributed by atoms with Gasteiger partial charge in [0.05, 0.1) is 16.6 Å². The van der Waals surface area contributed by atoms with Gasteiger partial charge in [0.1, 0.15) is 11.3 Å².